The zero-order chi connectivity index (χ0) is 14.7. The molecule has 2 aromatic rings. The number of rotatable bonds is 4. The highest BCUT2D eigenvalue weighted by Gasteiger charge is 2.16. The number of hydrogen-bond donors (Lipinski definition) is 2. The number of nitrogens with zero attached hydrogens (tertiary/aromatic N) is 1. The third-order valence-corrected chi connectivity index (χ3v) is 3.39. The average Bonchev–Trinajstić information content (AvgIpc) is 2.42. The highest BCUT2D eigenvalue weighted by Crippen LogP contribution is 2.24. The van der Waals surface area contributed by atoms with Crippen LogP contribution in [0.15, 0.2) is 36.5 Å². The first kappa shape index (κ1) is 14.3. The molecule has 0 radical (unpaired) electrons. The zero-order valence-electron chi connectivity index (χ0n) is 11.1. The van der Waals surface area contributed by atoms with Gasteiger partial charge in [-0.25, -0.2) is 4.98 Å². The van der Waals surface area contributed by atoms with Crippen molar-refractivity contribution in [2.45, 2.75) is 19.3 Å². The van der Waals surface area contributed by atoms with Crippen LogP contribution in [-0.2, 0) is 0 Å². The summed E-state index contributed by atoms with van der Waals surface area (Å²) in [7, 11) is 0. The highest BCUT2D eigenvalue weighted by molar-refractivity contribution is 6.31. The van der Waals surface area contributed by atoms with Crippen LogP contribution in [0.25, 0.3) is 0 Å². The van der Waals surface area contributed by atoms with E-state index >= 15 is 0 Å². The molecule has 0 spiro atoms. The largest absolute Gasteiger partial charge is 0.399 e. The molecule has 4 nitrogen and oxygen atoms in total. The predicted octanol–water partition coefficient (Wildman–Crippen LogP) is 3.28. The monoisotopic (exact) mass is 289 g/mol. The van der Waals surface area contributed by atoms with E-state index in [0.29, 0.717) is 22.7 Å². The lowest BCUT2D eigenvalue weighted by Crippen LogP contribution is -2.09. The van der Waals surface area contributed by atoms with Crippen molar-refractivity contribution >= 4 is 28.9 Å². The molecule has 104 valence electrons. The Bertz CT molecular complexity index is 626. The van der Waals surface area contributed by atoms with Crippen molar-refractivity contribution < 1.29 is 4.79 Å². The number of carbonyl (C=O) groups is 1. The third-order valence-electron chi connectivity index (χ3n) is 3.18. The zero-order valence-corrected chi connectivity index (χ0v) is 11.9. The van der Waals surface area contributed by atoms with Crippen LogP contribution in [0.5, 0.6) is 0 Å². The number of nitrogen functional groups attached to an aromatic ring is 2. The maximum atomic E-state index is 12.3. The number of carbonyl (C=O) groups excluding carboxylic acids is 1. The van der Waals surface area contributed by atoms with Gasteiger partial charge in [-0.15, -0.1) is 0 Å². The molecule has 0 aliphatic heterocycles. The van der Waals surface area contributed by atoms with E-state index in [1.807, 2.05) is 31.2 Å². The first-order chi connectivity index (χ1) is 9.47. The van der Waals surface area contributed by atoms with Crippen molar-refractivity contribution in [2.24, 2.45) is 0 Å². The van der Waals surface area contributed by atoms with Gasteiger partial charge in [0.25, 0.3) is 0 Å². The lowest BCUT2D eigenvalue weighted by Gasteiger charge is -2.12. The van der Waals surface area contributed by atoms with Gasteiger partial charge < -0.3 is 11.5 Å². The van der Waals surface area contributed by atoms with Crippen LogP contribution in [0.1, 0.15) is 35.2 Å². The maximum absolute atomic E-state index is 12.3. The van der Waals surface area contributed by atoms with Gasteiger partial charge in [-0.3, -0.25) is 4.79 Å². The first-order valence-corrected chi connectivity index (χ1v) is 6.65. The standard InChI is InChI=1S/C15H16ClN3O/c1-9(10-2-4-12(17)5-3-10)6-14(20)13-7-11(16)8-19-15(13)18/h2-5,7-9H,6,17H2,1H3,(H2,18,19). The fourth-order valence-electron chi connectivity index (χ4n) is 2.00. The molecule has 1 aromatic heterocycles. The van der Waals surface area contributed by atoms with E-state index < -0.39 is 0 Å². The fraction of sp³-hybridized carbons (Fsp3) is 0.200. The third kappa shape index (κ3) is 3.27. The summed E-state index contributed by atoms with van der Waals surface area (Å²) in [6, 6.07) is 9.05. The minimum absolute atomic E-state index is 0.0678. The van der Waals surface area contributed by atoms with Gasteiger partial charge in [0.05, 0.1) is 10.6 Å². The summed E-state index contributed by atoms with van der Waals surface area (Å²) in [5.41, 5.74) is 13.5. The van der Waals surface area contributed by atoms with Crippen molar-refractivity contribution in [3.05, 3.63) is 52.7 Å². The molecule has 2 rings (SSSR count). The van der Waals surface area contributed by atoms with E-state index in [0.717, 1.165) is 5.56 Å². The summed E-state index contributed by atoms with van der Waals surface area (Å²) in [4.78, 5) is 16.2. The summed E-state index contributed by atoms with van der Waals surface area (Å²) in [5.74, 6) is 0.215. The second-order valence-electron chi connectivity index (χ2n) is 4.78. The summed E-state index contributed by atoms with van der Waals surface area (Å²) < 4.78 is 0. The molecule has 5 heteroatoms. The molecule has 0 aliphatic rings. The molecular weight excluding hydrogens is 274 g/mol. The van der Waals surface area contributed by atoms with Crippen LogP contribution in [-0.4, -0.2) is 10.8 Å². The smallest absolute Gasteiger partial charge is 0.167 e. The quantitative estimate of drug-likeness (QED) is 0.668. The molecule has 0 bridgehead atoms. The molecule has 20 heavy (non-hydrogen) atoms. The van der Waals surface area contributed by atoms with Crippen LogP contribution in [0.2, 0.25) is 5.02 Å². The molecule has 0 saturated carbocycles. The van der Waals surface area contributed by atoms with Crippen LogP contribution >= 0.6 is 11.6 Å². The molecule has 1 aromatic carbocycles. The average molecular weight is 290 g/mol. The van der Waals surface area contributed by atoms with Crippen molar-refractivity contribution in [1.29, 1.82) is 0 Å². The van der Waals surface area contributed by atoms with Crippen LogP contribution in [0, 0.1) is 0 Å². The summed E-state index contributed by atoms with van der Waals surface area (Å²) in [5, 5.41) is 0.405. The number of pyridine rings is 1. The van der Waals surface area contributed by atoms with Gasteiger partial charge in [0.2, 0.25) is 0 Å². The number of hydrogen-bond acceptors (Lipinski definition) is 4. The number of aromatic nitrogens is 1. The highest BCUT2D eigenvalue weighted by atomic mass is 35.5. The van der Waals surface area contributed by atoms with Gasteiger partial charge in [0.1, 0.15) is 5.82 Å². The normalized spacial score (nSPS) is 12.1. The lowest BCUT2D eigenvalue weighted by molar-refractivity contribution is 0.0976. The van der Waals surface area contributed by atoms with Gasteiger partial charge in [-0.2, -0.15) is 0 Å². The molecule has 1 unspecified atom stereocenters. The second kappa shape index (κ2) is 5.92. The molecule has 4 N–H and O–H groups in total. The fourth-order valence-corrected chi connectivity index (χ4v) is 2.16. The summed E-state index contributed by atoms with van der Waals surface area (Å²) in [6.45, 7) is 1.98. The molecule has 0 saturated heterocycles. The van der Waals surface area contributed by atoms with Crippen molar-refractivity contribution in [3.63, 3.8) is 0 Å². The van der Waals surface area contributed by atoms with Gasteiger partial charge >= 0.3 is 0 Å². The van der Waals surface area contributed by atoms with Gasteiger partial charge in [0.15, 0.2) is 5.78 Å². The van der Waals surface area contributed by atoms with Crippen molar-refractivity contribution in [1.82, 2.24) is 4.98 Å². The topological polar surface area (TPSA) is 82.0 Å². The van der Waals surface area contributed by atoms with Crippen molar-refractivity contribution in [2.75, 3.05) is 11.5 Å². The Labute approximate surface area is 122 Å². The van der Waals surface area contributed by atoms with Gasteiger partial charge in [-0.1, -0.05) is 30.7 Å². The molecule has 1 atom stereocenters. The number of ketones is 1. The van der Waals surface area contributed by atoms with E-state index in [4.69, 9.17) is 23.1 Å². The Morgan fingerprint density at radius 2 is 1.95 bits per heavy atom. The van der Waals surface area contributed by atoms with E-state index in [2.05, 4.69) is 4.98 Å². The minimum atomic E-state index is -0.0678. The Morgan fingerprint density at radius 1 is 1.30 bits per heavy atom. The number of benzene rings is 1. The van der Waals surface area contributed by atoms with E-state index in [9.17, 15) is 4.79 Å². The molecule has 1 heterocycles. The number of anilines is 2. The number of halogens is 1. The van der Waals surface area contributed by atoms with E-state index in [-0.39, 0.29) is 17.5 Å². The number of nitrogens with two attached hydrogens (primary N) is 2. The minimum Gasteiger partial charge on any atom is -0.399 e. The SMILES string of the molecule is CC(CC(=O)c1cc(Cl)cnc1N)c1ccc(N)cc1. The molecule has 0 aliphatic carbocycles. The Morgan fingerprint density at radius 3 is 2.60 bits per heavy atom. The number of Topliss-reactive ketones (excluding diaryl/α,β-unsaturated/α-hetero) is 1. The summed E-state index contributed by atoms with van der Waals surface area (Å²) >= 11 is 5.85. The van der Waals surface area contributed by atoms with E-state index in [1.165, 1.54) is 6.20 Å². The van der Waals surface area contributed by atoms with Gasteiger partial charge in [-0.05, 0) is 29.7 Å². The van der Waals surface area contributed by atoms with Crippen LogP contribution in [0.4, 0.5) is 11.5 Å². The Balaban J connectivity index is 2.15. The Hall–Kier alpha value is -2.07. The van der Waals surface area contributed by atoms with Crippen LogP contribution in [0.3, 0.4) is 0 Å². The first-order valence-electron chi connectivity index (χ1n) is 6.27. The summed E-state index contributed by atoms with van der Waals surface area (Å²) in [6.07, 6.45) is 1.77. The molecule has 0 amide bonds. The van der Waals surface area contributed by atoms with Gasteiger partial charge in [0, 0.05) is 18.3 Å². The predicted molar refractivity (Wildman–Crippen MR) is 81.9 cm³/mol. The second-order valence-corrected chi connectivity index (χ2v) is 5.22. The lowest BCUT2D eigenvalue weighted by atomic mass is 9.93. The van der Waals surface area contributed by atoms with Crippen molar-refractivity contribution in [3.8, 4) is 0 Å². The Kier molecular flexibility index (Phi) is 4.25. The maximum Gasteiger partial charge on any atom is 0.167 e. The van der Waals surface area contributed by atoms with Crippen LogP contribution < -0.4 is 11.5 Å². The molecule has 0 fully saturated rings. The van der Waals surface area contributed by atoms with E-state index in [1.54, 1.807) is 6.07 Å². The molecular formula is C15H16ClN3O.